The van der Waals surface area contributed by atoms with E-state index >= 15 is 0 Å². The first-order valence-corrected chi connectivity index (χ1v) is 9.75. The van der Waals surface area contributed by atoms with Crippen molar-refractivity contribution in [2.24, 2.45) is 0 Å². The first-order chi connectivity index (χ1) is 6.93. The summed E-state index contributed by atoms with van der Waals surface area (Å²) >= 11 is 0.760. The zero-order chi connectivity index (χ0) is 10.1. The van der Waals surface area contributed by atoms with Gasteiger partial charge >= 0.3 is 104 Å². The summed E-state index contributed by atoms with van der Waals surface area (Å²) in [4.78, 5) is 2.40. The van der Waals surface area contributed by atoms with Crippen molar-refractivity contribution in [2.45, 2.75) is 24.2 Å². The van der Waals surface area contributed by atoms with Gasteiger partial charge in [0.05, 0.1) is 0 Å². The molecule has 0 saturated carbocycles. The van der Waals surface area contributed by atoms with Gasteiger partial charge in [0.2, 0.25) is 0 Å². The second-order valence-electron chi connectivity index (χ2n) is 2.93. The van der Waals surface area contributed by atoms with E-state index in [0.717, 1.165) is 0 Å². The zero-order valence-corrected chi connectivity index (χ0v) is 12.5. The Morgan fingerprint density at radius 1 is 1.29 bits per heavy atom. The van der Waals surface area contributed by atoms with Gasteiger partial charge in [0.15, 0.2) is 0 Å². The molecule has 0 spiro atoms. The third-order valence-corrected chi connectivity index (χ3v) is 7.07. The van der Waals surface area contributed by atoms with E-state index in [0.29, 0.717) is 15.0 Å². The maximum absolute atomic E-state index is 2.47. The molecule has 1 aromatic carbocycles. The van der Waals surface area contributed by atoms with Gasteiger partial charge in [-0.1, -0.05) is 0 Å². The minimum atomic E-state index is 0.192. The molecule has 0 bridgehead atoms. The molecule has 0 nitrogen and oxygen atoms in total. The fourth-order valence-corrected chi connectivity index (χ4v) is 5.89. The zero-order valence-electron chi connectivity index (χ0n) is 8.48. The molecule has 0 aliphatic heterocycles. The van der Waals surface area contributed by atoms with Crippen molar-refractivity contribution in [3.05, 3.63) is 39.4 Å². The van der Waals surface area contributed by atoms with Gasteiger partial charge in [-0.2, -0.15) is 0 Å². The SMILES string of the molecule is CCCC[Te]/C=C/[Se]c1ccccc1. The van der Waals surface area contributed by atoms with Gasteiger partial charge in [-0.15, -0.1) is 0 Å². The molecule has 0 saturated heterocycles. The van der Waals surface area contributed by atoms with Gasteiger partial charge in [-0.25, -0.2) is 0 Å². The van der Waals surface area contributed by atoms with Crippen molar-refractivity contribution in [3.8, 4) is 0 Å². The Hall–Kier alpha value is 0.269. The van der Waals surface area contributed by atoms with E-state index in [1.165, 1.54) is 21.8 Å². The van der Waals surface area contributed by atoms with Crippen LogP contribution in [0.2, 0.25) is 4.47 Å². The van der Waals surface area contributed by atoms with Crippen molar-refractivity contribution < 1.29 is 0 Å². The number of hydrogen-bond acceptors (Lipinski definition) is 0. The Morgan fingerprint density at radius 2 is 2.07 bits per heavy atom. The van der Waals surface area contributed by atoms with Crippen molar-refractivity contribution >= 4 is 40.3 Å². The van der Waals surface area contributed by atoms with Crippen LogP contribution < -0.4 is 4.46 Å². The second kappa shape index (κ2) is 8.57. The van der Waals surface area contributed by atoms with E-state index in [9.17, 15) is 0 Å². The molecule has 76 valence electrons. The van der Waals surface area contributed by atoms with Gasteiger partial charge in [-0.05, 0) is 0 Å². The molecule has 0 heterocycles. The van der Waals surface area contributed by atoms with Crippen LogP contribution in [0.15, 0.2) is 39.4 Å². The molecular formula is C12H16SeTe. The van der Waals surface area contributed by atoms with Crippen molar-refractivity contribution in [3.63, 3.8) is 0 Å². The fourth-order valence-electron chi connectivity index (χ4n) is 0.940. The molecule has 0 aliphatic carbocycles. The number of hydrogen-bond donors (Lipinski definition) is 0. The summed E-state index contributed by atoms with van der Waals surface area (Å²) in [6.45, 7) is 2.27. The fraction of sp³-hybridized carbons (Fsp3) is 0.333. The average Bonchev–Trinajstić information content (AvgIpc) is 2.25. The van der Waals surface area contributed by atoms with E-state index in [2.05, 4.69) is 46.4 Å². The molecule has 2 heteroatoms. The average molecular weight is 367 g/mol. The quantitative estimate of drug-likeness (QED) is 0.536. The summed E-state index contributed by atoms with van der Waals surface area (Å²) in [6, 6.07) is 10.8. The third-order valence-electron chi connectivity index (χ3n) is 1.71. The van der Waals surface area contributed by atoms with Crippen molar-refractivity contribution in [1.82, 2.24) is 0 Å². The Bertz CT molecular complexity index is 256. The van der Waals surface area contributed by atoms with Crippen molar-refractivity contribution in [1.29, 1.82) is 0 Å². The molecule has 0 fully saturated rings. The van der Waals surface area contributed by atoms with Gasteiger partial charge < -0.3 is 0 Å². The molecule has 0 radical (unpaired) electrons. The van der Waals surface area contributed by atoms with Crippen LogP contribution in [-0.4, -0.2) is 35.9 Å². The number of rotatable bonds is 6. The standard InChI is InChI=1S/C12H16SeTe/c1-2-3-10-14-11-9-13-12-7-5-4-6-8-12/h4-9,11H,2-3,10H2,1H3/b11-9+. The normalized spacial score (nSPS) is 10.9. The molecule has 0 atom stereocenters. The van der Waals surface area contributed by atoms with Crippen LogP contribution in [0.25, 0.3) is 0 Å². The molecule has 1 aromatic rings. The monoisotopic (exact) mass is 370 g/mol. The minimum absolute atomic E-state index is 0.192. The summed E-state index contributed by atoms with van der Waals surface area (Å²) in [5, 5.41) is 0. The molecule has 14 heavy (non-hydrogen) atoms. The van der Waals surface area contributed by atoms with Crippen LogP contribution in [0.1, 0.15) is 19.8 Å². The van der Waals surface area contributed by atoms with E-state index in [4.69, 9.17) is 0 Å². The van der Waals surface area contributed by atoms with Crippen LogP contribution in [0.4, 0.5) is 0 Å². The van der Waals surface area contributed by atoms with Crippen LogP contribution >= 0.6 is 0 Å². The van der Waals surface area contributed by atoms with Crippen LogP contribution in [0, 0.1) is 0 Å². The Kier molecular flexibility index (Phi) is 7.55. The molecule has 0 amide bonds. The Balaban J connectivity index is 2.14. The molecule has 0 unspecified atom stereocenters. The topological polar surface area (TPSA) is 0 Å². The van der Waals surface area contributed by atoms with E-state index in [1.54, 1.807) is 0 Å². The van der Waals surface area contributed by atoms with Crippen LogP contribution in [-0.2, 0) is 0 Å². The van der Waals surface area contributed by atoms with Crippen molar-refractivity contribution in [2.75, 3.05) is 0 Å². The van der Waals surface area contributed by atoms with E-state index in [-0.39, 0.29) is 20.9 Å². The van der Waals surface area contributed by atoms with Gasteiger partial charge in [0, 0.05) is 0 Å². The third kappa shape index (κ3) is 5.89. The molecular weight excluding hydrogens is 351 g/mol. The molecule has 0 aliphatic rings. The molecule has 1 rings (SSSR count). The second-order valence-corrected chi connectivity index (χ2v) is 7.88. The van der Waals surface area contributed by atoms with Crippen LogP contribution in [0.5, 0.6) is 0 Å². The summed E-state index contributed by atoms with van der Waals surface area (Å²) in [5.41, 5.74) is 0. The molecule has 0 aromatic heterocycles. The van der Waals surface area contributed by atoms with Crippen LogP contribution in [0.3, 0.4) is 0 Å². The summed E-state index contributed by atoms with van der Waals surface area (Å²) < 4.78 is 5.43. The first-order valence-electron chi connectivity index (χ1n) is 4.92. The van der Waals surface area contributed by atoms with Gasteiger partial charge in [-0.3, -0.25) is 0 Å². The first kappa shape index (κ1) is 12.3. The maximum atomic E-state index is 2.47. The van der Waals surface area contributed by atoms with E-state index < -0.39 is 0 Å². The summed E-state index contributed by atoms with van der Waals surface area (Å²) in [7, 11) is 0. The van der Waals surface area contributed by atoms with Gasteiger partial charge in [0.1, 0.15) is 0 Å². The Labute approximate surface area is 103 Å². The summed E-state index contributed by atoms with van der Waals surface area (Å²) in [5.74, 6) is 0. The predicted molar refractivity (Wildman–Crippen MR) is 66.4 cm³/mol. The predicted octanol–water partition coefficient (Wildman–Crippen LogP) is 2.41. The summed E-state index contributed by atoms with van der Waals surface area (Å²) in [6.07, 6.45) is 2.77. The van der Waals surface area contributed by atoms with E-state index in [1.807, 2.05) is 0 Å². The van der Waals surface area contributed by atoms with Gasteiger partial charge in [0.25, 0.3) is 0 Å². The number of unbranched alkanes of at least 4 members (excludes halogenated alkanes) is 1. The Morgan fingerprint density at radius 3 is 2.79 bits per heavy atom. The molecule has 0 N–H and O–H groups in total. The number of benzene rings is 1.